The molecule has 0 fully saturated rings. The molecule has 2 aromatic carbocycles. The summed E-state index contributed by atoms with van der Waals surface area (Å²) in [6.45, 7) is 1.82. The normalized spacial score (nSPS) is 13.8. The third-order valence-corrected chi connectivity index (χ3v) is 4.05. The number of benzene rings is 2. The van der Waals surface area contributed by atoms with Crippen molar-refractivity contribution in [2.45, 2.75) is 6.92 Å². The molecule has 0 spiro atoms. The Morgan fingerprint density at radius 1 is 1.00 bits per heavy atom. The fraction of sp³-hybridized carbons (Fsp3) is 0.0667. The van der Waals surface area contributed by atoms with E-state index in [1.165, 1.54) is 4.90 Å². The molecule has 0 saturated carbocycles. The number of fused-ring (bicyclic) bond motifs is 1. The number of hydrogen-bond donors (Lipinski definition) is 0. The Bertz CT molecular complexity index is 756. The molecule has 0 saturated heterocycles. The highest BCUT2D eigenvalue weighted by atomic mass is 35.5. The first-order valence-corrected chi connectivity index (χ1v) is 6.70. The lowest BCUT2D eigenvalue weighted by Gasteiger charge is -2.20. The molecule has 0 aromatic heterocycles. The van der Waals surface area contributed by atoms with Crippen molar-refractivity contribution >= 4 is 46.3 Å². The van der Waals surface area contributed by atoms with Gasteiger partial charge in [0.15, 0.2) is 0 Å². The van der Waals surface area contributed by atoms with Crippen molar-refractivity contribution in [1.82, 2.24) is 0 Å². The zero-order valence-corrected chi connectivity index (χ0v) is 12.0. The van der Waals surface area contributed by atoms with Crippen molar-refractivity contribution in [3.63, 3.8) is 0 Å². The average molecular weight is 306 g/mol. The van der Waals surface area contributed by atoms with Crippen LogP contribution in [-0.4, -0.2) is 11.7 Å². The number of para-hydroxylation sites is 1. The summed E-state index contributed by atoms with van der Waals surface area (Å²) in [6, 6.07) is 10.2. The number of carbonyl (C=O) groups excluding carboxylic acids is 2. The molecule has 3 nitrogen and oxygen atoms in total. The Hall–Kier alpha value is -1.84. The minimum atomic E-state index is -0.638. The first-order valence-electron chi connectivity index (χ1n) is 5.95. The van der Waals surface area contributed by atoms with Crippen molar-refractivity contribution in [3.8, 4) is 0 Å². The monoisotopic (exact) mass is 305 g/mol. The molecule has 2 aromatic rings. The third kappa shape index (κ3) is 1.74. The largest absolute Gasteiger partial charge is 0.304 e. The Morgan fingerprint density at radius 3 is 2.45 bits per heavy atom. The molecule has 0 radical (unpaired) electrons. The van der Waals surface area contributed by atoms with E-state index < -0.39 is 11.7 Å². The van der Waals surface area contributed by atoms with Gasteiger partial charge in [-0.2, -0.15) is 0 Å². The number of halogens is 2. The van der Waals surface area contributed by atoms with E-state index in [-0.39, 0.29) is 0 Å². The van der Waals surface area contributed by atoms with Crippen molar-refractivity contribution < 1.29 is 9.59 Å². The van der Waals surface area contributed by atoms with Gasteiger partial charge in [0.1, 0.15) is 0 Å². The summed E-state index contributed by atoms with van der Waals surface area (Å²) >= 11 is 12.4. The molecule has 5 heteroatoms. The van der Waals surface area contributed by atoms with Gasteiger partial charge in [-0.05, 0) is 30.7 Å². The molecule has 20 heavy (non-hydrogen) atoms. The molecular formula is C15H9Cl2NO2. The van der Waals surface area contributed by atoms with Gasteiger partial charge in [-0.25, -0.2) is 0 Å². The Kier molecular flexibility index (Phi) is 3.04. The summed E-state index contributed by atoms with van der Waals surface area (Å²) in [5.41, 5.74) is 2.02. The Labute approximate surface area is 125 Å². The van der Waals surface area contributed by atoms with Crippen LogP contribution in [0, 0.1) is 6.92 Å². The van der Waals surface area contributed by atoms with Gasteiger partial charge in [0.05, 0.1) is 27.0 Å². The molecule has 3 rings (SSSR count). The topological polar surface area (TPSA) is 37.4 Å². The smallest absolute Gasteiger partial charge is 0.283 e. The van der Waals surface area contributed by atoms with Gasteiger partial charge in [-0.1, -0.05) is 41.4 Å². The summed E-state index contributed by atoms with van der Waals surface area (Å²) in [6.07, 6.45) is 0. The molecule has 0 atom stereocenters. The predicted octanol–water partition coefficient (Wildman–Crippen LogP) is 4.16. The summed E-state index contributed by atoms with van der Waals surface area (Å²) in [5, 5.41) is 0.703. The number of amides is 1. The number of ketones is 1. The van der Waals surface area contributed by atoms with Gasteiger partial charge in [0.25, 0.3) is 5.78 Å². The molecule has 0 N–H and O–H groups in total. The second kappa shape index (κ2) is 4.62. The molecule has 1 aliphatic rings. The van der Waals surface area contributed by atoms with Crippen LogP contribution in [0.25, 0.3) is 0 Å². The first-order chi connectivity index (χ1) is 9.52. The minimum absolute atomic E-state index is 0.332. The van der Waals surface area contributed by atoms with E-state index in [9.17, 15) is 9.59 Å². The highest BCUT2D eigenvalue weighted by Crippen LogP contribution is 2.43. The number of rotatable bonds is 1. The van der Waals surface area contributed by atoms with Gasteiger partial charge in [0, 0.05) is 0 Å². The summed E-state index contributed by atoms with van der Waals surface area (Å²) in [4.78, 5) is 25.5. The minimum Gasteiger partial charge on any atom is -0.283 e. The second-order valence-corrected chi connectivity index (χ2v) is 5.30. The van der Waals surface area contributed by atoms with Crippen LogP contribution in [-0.2, 0) is 4.79 Å². The van der Waals surface area contributed by atoms with Crippen LogP contribution < -0.4 is 4.90 Å². The number of carbonyl (C=O) groups is 2. The van der Waals surface area contributed by atoms with Crippen LogP contribution in [0.2, 0.25) is 10.0 Å². The second-order valence-electron chi connectivity index (χ2n) is 4.51. The lowest BCUT2D eigenvalue weighted by atomic mass is 10.1. The summed E-state index contributed by atoms with van der Waals surface area (Å²) < 4.78 is 0. The standard InChI is InChI=1S/C15H9Cl2NO2/c1-8-6-7-10(16)13(12(8)17)18-11-5-3-2-4-9(11)14(19)15(18)20/h2-7H,1H3. The van der Waals surface area contributed by atoms with Crippen LogP contribution in [0.1, 0.15) is 15.9 Å². The van der Waals surface area contributed by atoms with Crippen LogP contribution >= 0.6 is 23.2 Å². The zero-order chi connectivity index (χ0) is 14.4. The highest BCUT2D eigenvalue weighted by Gasteiger charge is 2.38. The average Bonchev–Trinajstić information content (AvgIpc) is 2.69. The van der Waals surface area contributed by atoms with Gasteiger partial charge in [0.2, 0.25) is 0 Å². The maximum atomic E-state index is 12.2. The predicted molar refractivity (Wildman–Crippen MR) is 79.1 cm³/mol. The number of Topliss-reactive ketones (excluding diaryl/α,β-unsaturated/α-hetero) is 1. The maximum Gasteiger partial charge on any atom is 0.304 e. The van der Waals surface area contributed by atoms with E-state index in [0.717, 1.165) is 5.56 Å². The fourth-order valence-electron chi connectivity index (χ4n) is 2.26. The number of aryl methyl sites for hydroxylation is 1. The third-order valence-electron chi connectivity index (χ3n) is 3.27. The molecular weight excluding hydrogens is 297 g/mol. The SMILES string of the molecule is Cc1ccc(Cl)c(N2C(=O)C(=O)c3ccccc32)c1Cl. The van der Waals surface area contributed by atoms with Crippen LogP contribution in [0.5, 0.6) is 0 Å². The van der Waals surface area contributed by atoms with Crippen LogP contribution in [0.4, 0.5) is 11.4 Å². The van der Waals surface area contributed by atoms with E-state index in [4.69, 9.17) is 23.2 Å². The van der Waals surface area contributed by atoms with E-state index >= 15 is 0 Å². The Morgan fingerprint density at radius 2 is 1.70 bits per heavy atom. The molecule has 1 heterocycles. The first kappa shape index (κ1) is 13.2. The quantitative estimate of drug-likeness (QED) is 0.742. The van der Waals surface area contributed by atoms with E-state index in [1.807, 2.05) is 6.92 Å². The molecule has 0 aliphatic carbocycles. The maximum absolute atomic E-state index is 12.2. The molecule has 1 aliphatic heterocycles. The molecule has 1 amide bonds. The highest BCUT2D eigenvalue weighted by molar-refractivity contribution is 6.55. The van der Waals surface area contributed by atoms with Gasteiger partial charge >= 0.3 is 5.91 Å². The zero-order valence-electron chi connectivity index (χ0n) is 10.5. The van der Waals surface area contributed by atoms with Crippen molar-refractivity contribution in [1.29, 1.82) is 0 Å². The van der Waals surface area contributed by atoms with Crippen molar-refractivity contribution in [2.75, 3.05) is 4.90 Å². The van der Waals surface area contributed by atoms with E-state index in [0.29, 0.717) is 27.0 Å². The summed E-state index contributed by atoms with van der Waals surface area (Å²) in [7, 11) is 0. The van der Waals surface area contributed by atoms with Crippen molar-refractivity contribution in [2.24, 2.45) is 0 Å². The lowest BCUT2D eigenvalue weighted by Crippen LogP contribution is -2.25. The fourth-order valence-corrected chi connectivity index (χ4v) is 2.80. The van der Waals surface area contributed by atoms with E-state index in [1.54, 1.807) is 36.4 Å². The van der Waals surface area contributed by atoms with Gasteiger partial charge in [-0.3, -0.25) is 14.5 Å². The molecule has 0 unspecified atom stereocenters. The van der Waals surface area contributed by atoms with Crippen LogP contribution in [0.15, 0.2) is 36.4 Å². The summed E-state index contributed by atoms with van der Waals surface area (Å²) in [5.74, 6) is -1.19. The number of anilines is 2. The number of hydrogen-bond acceptors (Lipinski definition) is 2. The number of nitrogens with zero attached hydrogens (tertiary/aromatic N) is 1. The Balaban J connectivity index is 2.29. The van der Waals surface area contributed by atoms with Gasteiger partial charge < -0.3 is 0 Å². The molecule has 0 bridgehead atoms. The van der Waals surface area contributed by atoms with Gasteiger partial charge in [-0.15, -0.1) is 0 Å². The van der Waals surface area contributed by atoms with Crippen LogP contribution in [0.3, 0.4) is 0 Å². The molecule has 100 valence electrons. The van der Waals surface area contributed by atoms with Crippen molar-refractivity contribution in [3.05, 3.63) is 57.6 Å². The lowest BCUT2D eigenvalue weighted by molar-refractivity contribution is -0.113. The van der Waals surface area contributed by atoms with E-state index in [2.05, 4.69) is 0 Å².